The summed E-state index contributed by atoms with van der Waals surface area (Å²) in [7, 11) is 1.35. The lowest BCUT2D eigenvalue weighted by atomic mass is 9.79. The summed E-state index contributed by atoms with van der Waals surface area (Å²) in [5.74, 6) is -2.43. The number of hydrogen-bond donors (Lipinski definition) is 2. The fourth-order valence-electron chi connectivity index (χ4n) is 5.37. The minimum Gasteiger partial charge on any atom is -0.481 e. The maximum atomic E-state index is 13.0. The molecule has 2 fully saturated rings. The van der Waals surface area contributed by atoms with Gasteiger partial charge in [0.25, 0.3) is 0 Å². The Morgan fingerprint density at radius 2 is 1.78 bits per heavy atom. The lowest BCUT2D eigenvalue weighted by Crippen LogP contribution is -2.38. The molecule has 0 radical (unpaired) electrons. The van der Waals surface area contributed by atoms with Crippen LogP contribution in [0.15, 0.2) is 0 Å². The number of carbonyl (C=O) groups is 3. The SMILES string of the molecule is COC(=O)c1c(NC(=O)[C@@H]2[C@@H]3CC[C@@H](C3)[C@@H]2C(=O)O)sc2c1CCCCC2. The van der Waals surface area contributed by atoms with Gasteiger partial charge >= 0.3 is 11.9 Å². The van der Waals surface area contributed by atoms with Crippen molar-refractivity contribution in [3.05, 3.63) is 16.0 Å². The molecule has 2 bridgehead atoms. The number of carbonyl (C=O) groups excluding carboxylic acids is 2. The topological polar surface area (TPSA) is 92.7 Å². The van der Waals surface area contributed by atoms with Gasteiger partial charge in [0.05, 0.1) is 24.5 Å². The van der Waals surface area contributed by atoms with E-state index in [1.807, 2.05) is 0 Å². The molecule has 4 atom stereocenters. The van der Waals surface area contributed by atoms with Crippen molar-refractivity contribution in [3.8, 4) is 0 Å². The van der Waals surface area contributed by atoms with Gasteiger partial charge in [0.15, 0.2) is 0 Å². The minimum absolute atomic E-state index is 0.100. The predicted octanol–water partition coefficient (Wildman–Crippen LogP) is 3.49. The summed E-state index contributed by atoms with van der Waals surface area (Å²) < 4.78 is 4.98. The van der Waals surface area contributed by atoms with Crippen LogP contribution in [-0.4, -0.2) is 30.1 Å². The molecule has 7 heteroatoms. The third-order valence-corrected chi connectivity index (χ3v) is 7.76. The molecule has 0 saturated heterocycles. The van der Waals surface area contributed by atoms with E-state index < -0.39 is 23.8 Å². The maximum absolute atomic E-state index is 13.0. The van der Waals surface area contributed by atoms with Gasteiger partial charge in [-0.25, -0.2) is 4.79 Å². The van der Waals surface area contributed by atoms with Crippen molar-refractivity contribution < 1.29 is 24.2 Å². The van der Waals surface area contributed by atoms with Crippen LogP contribution in [0.2, 0.25) is 0 Å². The highest BCUT2D eigenvalue weighted by atomic mass is 32.1. The highest BCUT2D eigenvalue weighted by Gasteiger charge is 2.54. The molecular formula is C20H25NO5S. The summed E-state index contributed by atoms with van der Waals surface area (Å²) >= 11 is 1.46. The number of fused-ring (bicyclic) bond motifs is 3. The van der Waals surface area contributed by atoms with Gasteiger partial charge in [-0.15, -0.1) is 11.3 Å². The molecule has 3 aliphatic carbocycles. The Kier molecular flexibility index (Phi) is 4.97. The van der Waals surface area contributed by atoms with Gasteiger partial charge in [0.2, 0.25) is 5.91 Å². The number of aliphatic carboxylic acids is 1. The van der Waals surface area contributed by atoms with Crippen LogP contribution in [0.25, 0.3) is 0 Å². The van der Waals surface area contributed by atoms with Crippen LogP contribution >= 0.6 is 11.3 Å². The van der Waals surface area contributed by atoms with Crippen LogP contribution in [0, 0.1) is 23.7 Å². The highest BCUT2D eigenvalue weighted by Crippen LogP contribution is 2.53. The van der Waals surface area contributed by atoms with Crippen molar-refractivity contribution >= 4 is 34.2 Å². The smallest absolute Gasteiger partial charge is 0.341 e. The number of anilines is 1. The zero-order valence-corrected chi connectivity index (χ0v) is 16.3. The van der Waals surface area contributed by atoms with Gasteiger partial charge in [-0.3, -0.25) is 9.59 Å². The zero-order chi connectivity index (χ0) is 19.1. The van der Waals surface area contributed by atoms with Gasteiger partial charge in [0.1, 0.15) is 5.00 Å². The fraction of sp³-hybridized carbons (Fsp3) is 0.650. The standard InChI is InChI=1S/C20H25NO5S/c1-26-20(25)16-12-5-3-2-4-6-13(12)27-18(16)21-17(22)14-10-7-8-11(9-10)15(14)19(23)24/h10-11,14-15H,2-9H2,1H3,(H,21,22)(H,23,24)/t10-,11+,14-,15+/m1/s1. The minimum atomic E-state index is -0.877. The number of nitrogens with one attached hydrogen (secondary N) is 1. The van der Waals surface area contributed by atoms with Gasteiger partial charge in [-0.05, 0) is 62.3 Å². The van der Waals surface area contributed by atoms with Crippen LogP contribution in [0.1, 0.15) is 59.3 Å². The van der Waals surface area contributed by atoms with E-state index in [0.29, 0.717) is 10.6 Å². The monoisotopic (exact) mass is 391 g/mol. The molecule has 146 valence electrons. The summed E-state index contributed by atoms with van der Waals surface area (Å²) in [6.07, 6.45) is 7.59. The van der Waals surface area contributed by atoms with Crippen molar-refractivity contribution in [1.82, 2.24) is 0 Å². The third-order valence-electron chi connectivity index (χ3n) is 6.55. The van der Waals surface area contributed by atoms with Crippen molar-refractivity contribution in [2.24, 2.45) is 23.7 Å². The molecule has 2 saturated carbocycles. The van der Waals surface area contributed by atoms with Crippen LogP contribution in [-0.2, 0) is 27.2 Å². The normalized spacial score (nSPS) is 29.1. The van der Waals surface area contributed by atoms with E-state index in [1.165, 1.54) is 18.4 Å². The summed E-state index contributed by atoms with van der Waals surface area (Å²) in [4.78, 5) is 38.3. The molecule has 1 aromatic rings. The molecule has 1 amide bonds. The number of methoxy groups -OCH3 is 1. The molecule has 2 N–H and O–H groups in total. The molecule has 3 aliphatic rings. The van der Waals surface area contributed by atoms with Crippen molar-refractivity contribution in [1.29, 1.82) is 0 Å². The number of ether oxygens (including phenoxy) is 1. The number of aryl methyl sites for hydroxylation is 1. The first-order valence-electron chi connectivity index (χ1n) is 9.77. The molecular weight excluding hydrogens is 366 g/mol. The quantitative estimate of drug-likeness (QED) is 0.605. The van der Waals surface area contributed by atoms with E-state index in [-0.39, 0.29) is 17.7 Å². The van der Waals surface area contributed by atoms with Crippen LogP contribution in [0.4, 0.5) is 5.00 Å². The molecule has 1 aromatic heterocycles. The molecule has 0 aliphatic heterocycles. The van der Waals surface area contributed by atoms with E-state index in [0.717, 1.165) is 61.8 Å². The lowest BCUT2D eigenvalue weighted by Gasteiger charge is -2.26. The Bertz CT molecular complexity index is 786. The summed E-state index contributed by atoms with van der Waals surface area (Å²) in [6.45, 7) is 0. The third kappa shape index (κ3) is 3.16. The van der Waals surface area contributed by atoms with E-state index >= 15 is 0 Å². The van der Waals surface area contributed by atoms with Crippen molar-refractivity contribution in [2.75, 3.05) is 12.4 Å². The highest BCUT2D eigenvalue weighted by molar-refractivity contribution is 7.17. The molecule has 0 spiro atoms. The molecule has 4 rings (SSSR count). The number of thiophene rings is 1. The first kappa shape index (κ1) is 18.5. The average Bonchev–Trinajstić information content (AvgIpc) is 3.30. The van der Waals surface area contributed by atoms with Gasteiger partial charge in [-0.2, -0.15) is 0 Å². The summed E-state index contributed by atoms with van der Waals surface area (Å²) in [6, 6.07) is 0. The number of rotatable bonds is 4. The number of carboxylic acid groups (broad SMARTS) is 1. The Morgan fingerprint density at radius 3 is 2.48 bits per heavy atom. The molecule has 0 aromatic carbocycles. The second-order valence-corrected chi connectivity index (χ2v) is 9.08. The van der Waals surface area contributed by atoms with Gasteiger partial charge < -0.3 is 15.2 Å². The van der Waals surface area contributed by atoms with Crippen molar-refractivity contribution in [3.63, 3.8) is 0 Å². The Balaban J connectivity index is 1.63. The Hall–Kier alpha value is -1.89. The number of hydrogen-bond acceptors (Lipinski definition) is 5. The van der Waals surface area contributed by atoms with Crippen LogP contribution in [0.5, 0.6) is 0 Å². The fourth-order valence-corrected chi connectivity index (χ4v) is 6.65. The zero-order valence-electron chi connectivity index (χ0n) is 15.5. The number of esters is 1. The van der Waals surface area contributed by atoms with E-state index in [4.69, 9.17) is 4.74 Å². The van der Waals surface area contributed by atoms with Gasteiger partial charge in [0, 0.05) is 4.88 Å². The molecule has 27 heavy (non-hydrogen) atoms. The average molecular weight is 391 g/mol. The summed E-state index contributed by atoms with van der Waals surface area (Å²) in [5.41, 5.74) is 1.48. The van der Waals surface area contributed by atoms with Crippen LogP contribution in [0.3, 0.4) is 0 Å². The van der Waals surface area contributed by atoms with E-state index in [2.05, 4.69) is 5.32 Å². The predicted molar refractivity (Wildman–Crippen MR) is 101 cm³/mol. The van der Waals surface area contributed by atoms with E-state index in [9.17, 15) is 19.5 Å². The Labute approximate surface area is 162 Å². The van der Waals surface area contributed by atoms with Gasteiger partial charge in [-0.1, -0.05) is 6.42 Å². The van der Waals surface area contributed by atoms with Crippen molar-refractivity contribution in [2.45, 2.75) is 51.4 Å². The lowest BCUT2D eigenvalue weighted by molar-refractivity contribution is -0.148. The molecule has 0 unspecified atom stereocenters. The van der Waals surface area contributed by atoms with Crippen LogP contribution < -0.4 is 5.32 Å². The Morgan fingerprint density at radius 1 is 1.07 bits per heavy atom. The largest absolute Gasteiger partial charge is 0.481 e. The first-order valence-corrected chi connectivity index (χ1v) is 10.6. The molecule has 6 nitrogen and oxygen atoms in total. The molecule has 1 heterocycles. The first-order chi connectivity index (χ1) is 13.0. The second kappa shape index (κ2) is 7.26. The second-order valence-electron chi connectivity index (χ2n) is 7.97. The maximum Gasteiger partial charge on any atom is 0.341 e. The summed E-state index contributed by atoms with van der Waals surface area (Å²) in [5, 5.41) is 13.1. The number of amides is 1. The number of carboxylic acids is 1. The van der Waals surface area contributed by atoms with E-state index in [1.54, 1.807) is 0 Å².